The molecule has 1 aliphatic rings. The van der Waals surface area contributed by atoms with Crippen LogP contribution >= 0.6 is 0 Å². The zero-order valence-electron chi connectivity index (χ0n) is 18.7. The number of nitrogens with zero attached hydrogens (tertiary/aromatic N) is 1. The summed E-state index contributed by atoms with van der Waals surface area (Å²) in [5.74, 6) is -0.879. The number of fused-ring (bicyclic) bond motifs is 1. The van der Waals surface area contributed by atoms with Crippen molar-refractivity contribution in [1.82, 2.24) is 0 Å². The van der Waals surface area contributed by atoms with Crippen molar-refractivity contribution >= 4 is 27.3 Å². The number of nitrogens with one attached hydrogen (secondary N) is 1. The molecule has 1 unspecified atom stereocenters. The van der Waals surface area contributed by atoms with Gasteiger partial charge in [0.2, 0.25) is 0 Å². The SMILES string of the molecule is Cc1ccc(S(=O)(=O)N2CC(C(=O)Nc3ccc(OC(F)(F)F)cc3)Oc3cc(C)ccc32)cc1. The summed E-state index contributed by atoms with van der Waals surface area (Å²) in [6.45, 7) is 3.34. The van der Waals surface area contributed by atoms with E-state index < -0.39 is 34.1 Å². The number of ether oxygens (including phenoxy) is 2. The number of hydrogen-bond acceptors (Lipinski definition) is 5. The zero-order chi connectivity index (χ0) is 25.4. The monoisotopic (exact) mass is 506 g/mol. The molecule has 11 heteroatoms. The van der Waals surface area contributed by atoms with Gasteiger partial charge in [-0.3, -0.25) is 9.10 Å². The van der Waals surface area contributed by atoms with Gasteiger partial charge in [-0.15, -0.1) is 13.2 Å². The lowest BCUT2D eigenvalue weighted by atomic mass is 10.1. The summed E-state index contributed by atoms with van der Waals surface area (Å²) in [7, 11) is -4.02. The van der Waals surface area contributed by atoms with Crippen molar-refractivity contribution in [2.75, 3.05) is 16.2 Å². The first kappa shape index (κ1) is 24.4. The minimum absolute atomic E-state index is 0.0657. The van der Waals surface area contributed by atoms with E-state index in [4.69, 9.17) is 4.74 Å². The fraction of sp³-hybridized carbons (Fsp3) is 0.208. The predicted octanol–water partition coefficient (Wildman–Crippen LogP) is 4.80. The molecule has 184 valence electrons. The van der Waals surface area contributed by atoms with Crippen molar-refractivity contribution < 1.29 is 35.9 Å². The molecule has 1 heterocycles. The number of alkyl halides is 3. The minimum atomic E-state index is -4.83. The molecule has 35 heavy (non-hydrogen) atoms. The molecule has 1 aliphatic heterocycles. The molecule has 0 radical (unpaired) electrons. The van der Waals surface area contributed by atoms with Crippen LogP contribution in [0.25, 0.3) is 0 Å². The van der Waals surface area contributed by atoms with Crippen molar-refractivity contribution in [3.8, 4) is 11.5 Å². The van der Waals surface area contributed by atoms with E-state index in [1.54, 1.807) is 37.3 Å². The maximum absolute atomic E-state index is 13.5. The standard InChI is InChI=1S/C24H21F3N2O5S/c1-15-3-10-19(11-4-15)35(31,32)29-14-22(33-21-13-16(2)5-12-20(21)29)23(30)28-17-6-8-18(9-7-17)34-24(25,26)27/h3-13,22H,14H2,1-2H3,(H,28,30). The number of amides is 1. The normalized spacial score (nSPS) is 15.7. The summed E-state index contributed by atoms with van der Waals surface area (Å²) in [5, 5.41) is 2.54. The molecule has 0 saturated heterocycles. The van der Waals surface area contributed by atoms with Gasteiger partial charge in [0.15, 0.2) is 6.10 Å². The highest BCUT2D eigenvalue weighted by Gasteiger charge is 2.38. The van der Waals surface area contributed by atoms with Crippen LogP contribution in [0.15, 0.2) is 71.6 Å². The van der Waals surface area contributed by atoms with Gasteiger partial charge >= 0.3 is 6.36 Å². The number of aryl methyl sites for hydroxylation is 2. The Morgan fingerprint density at radius 3 is 2.26 bits per heavy atom. The molecule has 0 saturated carbocycles. The maximum atomic E-state index is 13.5. The summed E-state index contributed by atoms with van der Waals surface area (Å²) in [4.78, 5) is 13.0. The predicted molar refractivity (Wildman–Crippen MR) is 123 cm³/mol. The van der Waals surface area contributed by atoms with Gasteiger partial charge in [0.25, 0.3) is 15.9 Å². The van der Waals surface area contributed by atoms with Crippen LogP contribution in [-0.4, -0.2) is 33.3 Å². The second kappa shape index (κ2) is 9.14. The van der Waals surface area contributed by atoms with Crippen molar-refractivity contribution in [2.24, 2.45) is 0 Å². The molecule has 0 bridgehead atoms. The Kier molecular flexibility index (Phi) is 6.37. The Labute approximate surface area is 200 Å². The molecule has 4 rings (SSSR count). The third kappa shape index (κ3) is 5.51. The highest BCUT2D eigenvalue weighted by atomic mass is 32.2. The first-order valence-corrected chi connectivity index (χ1v) is 11.9. The Bertz CT molecular complexity index is 1340. The van der Waals surface area contributed by atoms with Crippen LogP contribution in [-0.2, 0) is 14.8 Å². The van der Waals surface area contributed by atoms with E-state index in [2.05, 4.69) is 10.1 Å². The van der Waals surface area contributed by atoms with Gasteiger partial charge < -0.3 is 14.8 Å². The van der Waals surface area contributed by atoms with E-state index in [9.17, 15) is 26.4 Å². The molecule has 0 aliphatic carbocycles. The van der Waals surface area contributed by atoms with Crippen molar-refractivity contribution in [1.29, 1.82) is 0 Å². The Morgan fingerprint density at radius 2 is 1.63 bits per heavy atom. The Hall–Kier alpha value is -3.73. The largest absolute Gasteiger partial charge is 0.573 e. The molecular weight excluding hydrogens is 485 g/mol. The van der Waals surface area contributed by atoms with Gasteiger partial charge in [0, 0.05) is 5.69 Å². The second-order valence-corrected chi connectivity index (χ2v) is 9.85. The zero-order valence-corrected chi connectivity index (χ0v) is 19.5. The molecule has 1 amide bonds. The van der Waals surface area contributed by atoms with Gasteiger partial charge in [0.05, 0.1) is 17.1 Å². The average Bonchev–Trinajstić information content (AvgIpc) is 2.78. The van der Waals surface area contributed by atoms with Crippen LogP contribution in [0.3, 0.4) is 0 Å². The second-order valence-electron chi connectivity index (χ2n) is 7.99. The summed E-state index contributed by atoms with van der Waals surface area (Å²) in [6.07, 6.45) is -6.05. The lowest BCUT2D eigenvalue weighted by Crippen LogP contribution is -2.48. The number of sulfonamides is 1. The number of carbonyl (C=O) groups is 1. The number of hydrogen-bond donors (Lipinski definition) is 1. The number of rotatable bonds is 5. The van der Waals surface area contributed by atoms with Crippen molar-refractivity contribution in [2.45, 2.75) is 31.2 Å². The fourth-order valence-electron chi connectivity index (χ4n) is 3.53. The fourth-order valence-corrected chi connectivity index (χ4v) is 5.00. The number of carbonyl (C=O) groups excluding carboxylic acids is 1. The maximum Gasteiger partial charge on any atom is 0.573 e. The molecular formula is C24H21F3N2O5S. The van der Waals surface area contributed by atoms with Gasteiger partial charge in [-0.2, -0.15) is 0 Å². The van der Waals surface area contributed by atoms with Gasteiger partial charge in [-0.25, -0.2) is 8.42 Å². The van der Waals surface area contributed by atoms with Crippen LogP contribution in [0, 0.1) is 13.8 Å². The van der Waals surface area contributed by atoms with E-state index in [1.807, 2.05) is 6.92 Å². The topological polar surface area (TPSA) is 84.9 Å². The minimum Gasteiger partial charge on any atom is -0.476 e. The first-order chi connectivity index (χ1) is 16.4. The number of benzene rings is 3. The van der Waals surface area contributed by atoms with E-state index in [-0.39, 0.29) is 22.9 Å². The quantitative estimate of drug-likeness (QED) is 0.538. The van der Waals surface area contributed by atoms with Crippen LogP contribution in [0.5, 0.6) is 11.5 Å². The highest BCUT2D eigenvalue weighted by molar-refractivity contribution is 7.92. The van der Waals surface area contributed by atoms with Crippen molar-refractivity contribution in [3.63, 3.8) is 0 Å². The third-order valence-corrected chi connectivity index (χ3v) is 7.04. The van der Waals surface area contributed by atoms with E-state index in [0.29, 0.717) is 5.69 Å². The summed E-state index contributed by atoms with van der Waals surface area (Å²) < 4.78 is 74.8. The van der Waals surface area contributed by atoms with Gasteiger partial charge in [0.1, 0.15) is 11.5 Å². The molecule has 0 spiro atoms. The Morgan fingerprint density at radius 1 is 1.00 bits per heavy atom. The molecule has 1 N–H and O–H groups in total. The molecule has 0 fully saturated rings. The summed E-state index contributed by atoms with van der Waals surface area (Å²) in [5.41, 5.74) is 2.19. The summed E-state index contributed by atoms with van der Waals surface area (Å²) >= 11 is 0. The van der Waals surface area contributed by atoms with Crippen LogP contribution < -0.4 is 19.1 Å². The summed E-state index contributed by atoms with van der Waals surface area (Å²) in [6, 6.07) is 15.9. The highest BCUT2D eigenvalue weighted by Crippen LogP contribution is 2.38. The van der Waals surface area contributed by atoms with Crippen molar-refractivity contribution in [3.05, 3.63) is 77.9 Å². The average molecular weight is 507 g/mol. The Balaban J connectivity index is 1.60. The van der Waals surface area contributed by atoms with E-state index in [0.717, 1.165) is 27.6 Å². The molecule has 3 aromatic rings. The van der Waals surface area contributed by atoms with Crippen LogP contribution in [0.4, 0.5) is 24.5 Å². The first-order valence-electron chi connectivity index (χ1n) is 10.5. The third-order valence-electron chi connectivity index (χ3n) is 5.24. The number of halogens is 3. The molecule has 3 aromatic carbocycles. The van der Waals surface area contributed by atoms with Crippen LogP contribution in [0.2, 0.25) is 0 Å². The number of anilines is 2. The van der Waals surface area contributed by atoms with E-state index >= 15 is 0 Å². The molecule has 1 atom stereocenters. The van der Waals surface area contributed by atoms with Crippen LogP contribution in [0.1, 0.15) is 11.1 Å². The molecule has 0 aromatic heterocycles. The van der Waals surface area contributed by atoms with Gasteiger partial charge in [-0.05, 0) is 67.9 Å². The van der Waals surface area contributed by atoms with Gasteiger partial charge in [-0.1, -0.05) is 23.8 Å². The smallest absolute Gasteiger partial charge is 0.476 e. The lowest BCUT2D eigenvalue weighted by Gasteiger charge is -2.35. The molecule has 7 nitrogen and oxygen atoms in total. The van der Waals surface area contributed by atoms with E-state index in [1.165, 1.54) is 24.3 Å². The lowest BCUT2D eigenvalue weighted by molar-refractivity contribution is -0.274.